The van der Waals surface area contributed by atoms with Crippen molar-refractivity contribution in [2.45, 2.75) is 52.1 Å². The molecule has 0 radical (unpaired) electrons. The molecule has 1 amide bonds. The van der Waals surface area contributed by atoms with Crippen molar-refractivity contribution in [1.82, 2.24) is 20.4 Å². The molecule has 3 rings (SSSR count). The fraction of sp³-hybridized carbons (Fsp3) is 0.652. The van der Waals surface area contributed by atoms with Crippen LogP contribution in [0.1, 0.15) is 44.2 Å². The van der Waals surface area contributed by atoms with Crippen molar-refractivity contribution in [3.8, 4) is 0 Å². The Morgan fingerprint density at radius 2 is 1.90 bits per heavy atom. The van der Waals surface area contributed by atoms with E-state index in [0.29, 0.717) is 12.6 Å². The number of ether oxygens (including phenoxy) is 1. The number of carbonyl (C=O) groups is 1. The number of halogens is 1. The molecular weight excluding hydrogens is 505 g/mol. The highest BCUT2D eigenvalue weighted by atomic mass is 127. The van der Waals surface area contributed by atoms with Gasteiger partial charge in [-0.2, -0.15) is 0 Å². The molecule has 8 heteroatoms. The average Bonchev–Trinajstić information content (AvgIpc) is 2.77. The SMILES string of the molecule is CCNC(=NCCCN1CCc2ccccc2C1)NC1CCN(C(=O)OCC)CC1.I. The van der Waals surface area contributed by atoms with Gasteiger partial charge in [0.05, 0.1) is 6.61 Å². The van der Waals surface area contributed by atoms with Gasteiger partial charge in [0, 0.05) is 51.9 Å². The van der Waals surface area contributed by atoms with E-state index in [-0.39, 0.29) is 30.1 Å². The molecule has 0 aliphatic carbocycles. The Bertz CT molecular complexity index is 707. The number of fused-ring (bicyclic) bond motifs is 1. The third-order valence-electron chi connectivity index (χ3n) is 5.82. The first-order chi connectivity index (χ1) is 14.7. The summed E-state index contributed by atoms with van der Waals surface area (Å²) in [6.07, 6.45) is 3.83. The van der Waals surface area contributed by atoms with Crippen LogP contribution in [0.5, 0.6) is 0 Å². The van der Waals surface area contributed by atoms with Crippen LogP contribution in [-0.2, 0) is 17.7 Å². The number of hydrogen-bond acceptors (Lipinski definition) is 4. The second-order valence-electron chi connectivity index (χ2n) is 8.01. The van der Waals surface area contributed by atoms with Crippen LogP contribution in [0.25, 0.3) is 0 Å². The number of nitrogens with zero attached hydrogens (tertiary/aromatic N) is 3. The fourth-order valence-corrected chi connectivity index (χ4v) is 4.16. The zero-order chi connectivity index (χ0) is 21.2. The minimum absolute atomic E-state index is 0. The standard InChI is InChI=1S/C23H37N5O2.HI/c1-3-24-22(26-21-11-16-28(17-12-21)23(29)30-4-2)25-13-7-14-27-15-10-19-8-5-6-9-20(19)18-27;/h5-6,8-9,21H,3-4,7,10-18H2,1-2H3,(H2,24,25,26);1H. The first-order valence-electron chi connectivity index (χ1n) is 11.4. The van der Waals surface area contributed by atoms with Crippen LogP contribution in [-0.4, -0.2) is 73.8 Å². The number of nitrogens with one attached hydrogen (secondary N) is 2. The molecule has 0 atom stereocenters. The van der Waals surface area contributed by atoms with E-state index < -0.39 is 0 Å². The number of likely N-dealkylation sites (tertiary alicyclic amines) is 1. The molecule has 2 N–H and O–H groups in total. The number of piperidine rings is 1. The van der Waals surface area contributed by atoms with Gasteiger partial charge in [0.2, 0.25) is 0 Å². The molecule has 0 spiro atoms. The largest absolute Gasteiger partial charge is 0.450 e. The minimum Gasteiger partial charge on any atom is -0.450 e. The molecule has 1 aromatic carbocycles. The lowest BCUT2D eigenvalue weighted by Crippen LogP contribution is -2.50. The maximum Gasteiger partial charge on any atom is 0.409 e. The fourth-order valence-electron chi connectivity index (χ4n) is 4.16. The molecule has 7 nitrogen and oxygen atoms in total. The third kappa shape index (κ3) is 8.14. The Morgan fingerprint density at radius 1 is 1.16 bits per heavy atom. The van der Waals surface area contributed by atoms with Gasteiger partial charge >= 0.3 is 6.09 Å². The van der Waals surface area contributed by atoms with Gasteiger partial charge in [0.15, 0.2) is 5.96 Å². The van der Waals surface area contributed by atoms with E-state index in [2.05, 4.69) is 46.7 Å². The second kappa shape index (κ2) is 13.8. The van der Waals surface area contributed by atoms with Crippen molar-refractivity contribution in [2.24, 2.45) is 4.99 Å². The molecule has 0 bridgehead atoms. The number of amides is 1. The Hall–Kier alpha value is -1.55. The average molecular weight is 543 g/mol. The van der Waals surface area contributed by atoms with E-state index in [0.717, 1.165) is 77.5 Å². The normalized spacial score (nSPS) is 17.5. The van der Waals surface area contributed by atoms with Crippen molar-refractivity contribution in [2.75, 3.05) is 45.9 Å². The molecule has 2 aliphatic heterocycles. The lowest BCUT2D eigenvalue weighted by molar-refractivity contribution is 0.0963. The Morgan fingerprint density at radius 3 is 2.61 bits per heavy atom. The van der Waals surface area contributed by atoms with Crippen LogP contribution in [0.15, 0.2) is 29.3 Å². The maximum absolute atomic E-state index is 11.8. The van der Waals surface area contributed by atoms with Crippen molar-refractivity contribution in [1.29, 1.82) is 0 Å². The van der Waals surface area contributed by atoms with E-state index in [4.69, 9.17) is 9.73 Å². The molecule has 0 saturated carbocycles. The van der Waals surface area contributed by atoms with Gasteiger partial charge in [-0.3, -0.25) is 9.89 Å². The first-order valence-corrected chi connectivity index (χ1v) is 11.4. The van der Waals surface area contributed by atoms with Crippen LogP contribution >= 0.6 is 24.0 Å². The monoisotopic (exact) mass is 543 g/mol. The van der Waals surface area contributed by atoms with Crippen molar-refractivity contribution in [3.63, 3.8) is 0 Å². The molecule has 2 heterocycles. The van der Waals surface area contributed by atoms with Gasteiger partial charge in [-0.25, -0.2) is 4.79 Å². The number of benzene rings is 1. The highest BCUT2D eigenvalue weighted by Crippen LogP contribution is 2.18. The van der Waals surface area contributed by atoms with Crippen LogP contribution in [0.3, 0.4) is 0 Å². The highest BCUT2D eigenvalue weighted by molar-refractivity contribution is 14.0. The van der Waals surface area contributed by atoms with Crippen LogP contribution < -0.4 is 10.6 Å². The van der Waals surface area contributed by atoms with E-state index in [1.165, 1.54) is 11.1 Å². The summed E-state index contributed by atoms with van der Waals surface area (Å²) in [5.41, 5.74) is 2.97. The lowest BCUT2D eigenvalue weighted by atomic mass is 10.00. The Balaban J connectivity index is 0.00000341. The number of hydrogen-bond donors (Lipinski definition) is 2. The van der Waals surface area contributed by atoms with Gasteiger partial charge in [0.25, 0.3) is 0 Å². The zero-order valence-electron chi connectivity index (χ0n) is 18.9. The molecular formula is C23H38IN5O2. The van der Waals surface area contributed by atoms with Gasteiger partial charge in [-0.15, -0.1) is 24.0 Å². The number of carbonyl (C=O) groups excluding carboxylic acids is 1. The summed E-state index contributed by atoms with van der Waals surface area (Å²) >= 11 is 0. The third-order valence-corrected chi connectivity index (χ3v) is 5.82. The Kier molecular flexibility index (Phi) is 11.4. The molecule has 0 unspecified atom stereocenters. The van der Waals surface area contributed by atoms with Crippen molar-refractivity contribution < 1.29 is 9.53 Å². The summed E-state index contributed by atoms with van der Waals surface area (Å²) in [5, 5.41) is 6.90. The quantitative estimate of drug-likeness (QED) is 0.239. The minimum atomic E-state index is -0.197. The molecule has 31 heavy (non-hydrogen) atoms. The summed E-state index contributed by atoms with van der Waals surface area (Å²) in [5.74, 6) is 0.885. The van der Waals surface area contributed by atoms with E-state index in [1.807, 2.05) is 6.92 Å². The molecule has 1 saturated heterocycles. The molecule has 1 aromatic rings. The molecule has 174 valence electrons. The number of guanidine groups is 1. The van der Waals surface area contributed by atoms with E-state index >= 15 is 0 Å². The molecule has 1 fully saturated rings. The molecule has 2 aliphatic rings. The lowest BCUT2D eigenvalue weighted by Gasteiger charge is -2.32. The van der Waals surface area contributed by atoms with Crippen LogP contribution in [0, 0.1) is 0 Å². The van der Waals surface area contributed by atoms with Gasteiger partial charge in [-0.1, -0.05) is 24.3 Å². The zero-order valence-corrected chi connectivity index (χ0v) is 21.3. The van der Waals surface area contributed by atoms with Crippen LogP contribution in [0.2, 0.25) is 0 Å². The highest BCUT2D eigenvalue weighted by Gasteiger charge is 2.24. The van der Waals surface area contributed by atoms with E-state index in [9.17, 15) is 4.79 Å². The first kappa shape index (κ1) is 25.7. The second-order valence-corrected chi connectivity index (χ2v) is 8.01. The number of aliphatic imine (C=N–C) groups is 1. The van der Waals surface area contributed by atoms with Gasteiger partial charge in [-0.05, 0) is 50.7 Å². The van der Waals surface area contributed by atoms with Gasteiger partial charge < -0.3 is 20.3 Å². The predicted octanol–water partition coefficient (Wildman–Crippen LogP) is 3.23. The summed E-state index contributed by atoms with van der Waals surface area (Å²) in [4.78, 5) is 21.0. The van der Waals surface area contributed by atoms with Crippen LogP contribution in [0.4, 0.5) is 4.79 Å². The topological polar surface area (TPSA) is 69.2 Å². The number of rotatable bonds is 7. The van der Waals surface area contributed by atoms with Gasteiger partial charge in [0.1, 0.15) is 0 Å². The smallest absolute Gasteiger partial charge is 0.409 e. The molecule has 0 aromatic heterocycles. The predicted molar refractivity (Wildman–Crippen MR) is 136 cm³/mol. The van der Waals surface area contributed by atoms with Crippen molar-refractivity contribution >= 4 is 36.0 Å². The Labute approximate surface area is 204 Å². The van der Waals surface area contributed by atoms with Crippen molar-refractivity contribution in [3.05, 3.63) is 35.4 Å². The maximum atomic E-state index is 11.8. The van der Waals surface area contributed by atoms with E-state index in [1.54, 1.807) is 4.90 Å². The summed E-state index contributed by atoms with van der Waals surface area (Å²) in [7, 11) is 0. The summed E-state index contributed by atoms with van der Waals surface area (Å²) < 4.78 is 5.10. The summed E-state index contributed by atoms with van der Waals surface area (Å²) in [6.45, 7) is 10.7. The summed E-state index contributed by atoms with van der Waals surface area (Å²) in [6, 6.07) is 9.12.